The van der Waals surface area contributed by atoms with Gasteiger partial charge in [-0.3, -0.25) is 0 Å². The molecule has 2 aromatic rings. The van der Waals surface area contributed by atoms with Crippen LogP contribution in [-0.4, -0.2) is 36.7 Å². The summed E-state index contributed by atoms with van der Waals surface area (Å²) >= 11 is 1.33. The number of ether oxygens (including phenoxy) is 2. The molecule has 0 saturated heterocycles. The molecule has 0 aliphatic heterocycles. The highest BCUT2D eigenvalue weighted by molar-refractivity contribution is 7.09. The molecule has 0 aliphatic rings. The van der Waals surface area contributed by atoms with Crippen LogP contribution in [0, 0.1) is 6.92 Å². The second kappa shape index (κ2) is 6.49. The molecule has 0 spiro atoms. The van der Waals surface area contributed by atoms with Crippen LogP contribution in [0.3, 0.4) is 0 Å². The van der Waals surface area contributed by atoms with Gasteiger partial charge in [0.25, 0.3) is 0 Å². The minimum Gasteiger partial charge on any atom is -0.496 e. The van der Waals surface area contributed by atoms with Gasteiger partial charge in [-0.1, -0.05) is 6.07 Å². The number of hydrogen-bond acceptors (Lipinski definition) is 6. The monoisotopic (exact) mass is 279 g/mol. The average molecular weight is 279 g/mol. The zero-order valence-corrected chi connectivity index (χ0v) is 12.1. The van der Waals surface area contributed by atoms with Crippen molar-refractivity contribution in [3.8, 4) is 17.1 Å². The molecule has 19 heavy (non-hydrogen) atoms. The predicted octanol–water partition coefficient (Wildman–Crippen LogP) is 2.58. The molecule has 0 radical (unpaired) electrons. The summed E-state index contributed by atoms with van der Waals surface area (Å²) in [5.41, 5.74) is 2.05. The van der Waals surface area contributed by atoms with Crippen LogP contribution in [0.2, 0.25) is 0 Å². The van der Waals surface area contributed by atoms with Crippen LogP contribution in [0.4, 0.5) is 5.13 Å². The van der Waals surface area contributed by atoms with Crippen molar-refractivity contribution in [2.45, 2.75) is 6.92 Å². The van der Waals surface area contributed by atoms with Crippen molar-refractivity contribution in [1.82, 2.24) is 9.36 Å². The molecule has 0 amide bonds. The van der Waals surface area contributed by atoms with E-state index in [1.807, 2.05) is 25.1 Å². The lowest BCUT2D eigenvalue weighted by Gasteiger charge is -2.06. The molecule has 0 unspecified atom stereocenters. The first-order valence-corrected chi connectivity index (χ1v) is 6.73. The molecule has 5 nitrogen and oxygen atoms in total. The normalized spacial score (nSPS) is 10.5. The fourth-order valence-corrected chi connectivity index (χ4v) is 2.25. The first-order chi connectivity index (χ1) is 9.24. The lowest BCUT2D eigenvalue weighted by atomic mass is 10.1. The van der Waals surface area contributed by atoms with Gasteiger partial charge in [0.15, 0.2) is 5.82 Å². The highest BCUT2D eigenvalue weighted by Gasteiger charge is 2.11. The van der Waals surface area contributed by atoms with Gasteiger partial charge in [0.2, 0.25) is 5.13 Å². The van der Waals surface area contributed by atoms with Crippen molar-refractivity contribution in [2.24, 2.45) is 0 Å². The Balaban J connectivity index is 2.18. The van der Waals surface area contributed by atoms with Gasteiger partial charge in [-0.05, 0) is 24.6 Å². The Labute approximate surface area is 116 Å². The number of aryl methyl sites for hydroxylation is 1. The molecular weight excluding hydrogens is 262 g/mol. The molecule has 0 bridgehead atoms. The Hall–Kier alpha value is -1.66. The second-order valence-electron chi connectivity index (χ2n) is 4.05. The topological polar surface area (TPSA) is 56.3 Å². The number of nitrogens with zero attached hydrogens (tertiary/aromatic N) is 2. The molecule has 102 valence electrons. The maximum absolute atomic E-state index is 5.37. The van der Waals surface area contributed by atoms with Crippen molar-refractivity contribution in [3.05, 3.63) is 23.8 Å². The highest BCUT2D eigenvalue weighted by atomic mass is 32.1. The lowest BCUT2D eigenvalue weighted by molar-refractivity contribution is 0.211. The third-order valence-corrected chi connectivity index (χ3v) is 3.28. The van der Waals surface area contributed by atoms with Gasteiger partial charge in [0.1, 0.15) is 5.75 Å². The van der Waals surface area contributed by atoms with Crippen molar-refractivity contribution >= 4 is 16.7 Å². The van der Waals surface area contributed by atoms with Crippen LogP contribution in [-0.2, 0) is 4.74 Å². The summed E-state index contributed by atoms with van der Waals surface area (Å²) in [5.74, 6) is 1.48. The molecule has 6 heteroatoms. The van der Waals surface area contributed by atoms with Crippen LogP contribution in [0.15, 0.2) is 18.2 Å². The van der Waals surface area contributed by atoms with Gasteiger partial charge in [0, 0.05) is 25.2 Å². The van der Waals surface area contributed by atoms with Gasteiger partial charge < -0.3 is 14.8 Å². The van der Waals surface area contributed by atoms with E-state index in [4.69, 9.17) is 9.47 Å². The smallest absolute Gasteiger partial charge is 0.202 e. The Morgan fingerprint density at radius 3 is 2.89 bits per heavy atom. The SMILES string of the molecule is COCCNc1nc(-c2ccc(C)cc2OC)ns1. The van der Waals surface area contributed by atoms with E-state index in [1.165, 1.54) is 11.5 Å². The number of aromatic nitrogens is 2. The van der Waals surface area contributed by atoms with Crippen molar-refractivity contribution in [3.63, 3.8) is 0 Å². The number of nitrogens with one attached hydrogen (secondary N) is 1. The number of benzene rings is 1. The standard InChI is InChI=1S/C13H17N3O2S/c1-9-4-5-10(11(8-9)18-3)12-15-13(19-16-12)14-6-7-17-2/h4-5,8H,6-7H2,1-3H3,(H,14,15,16). The molecule has 1 N–H and O–H groups in total. The van der Waals surface area contributed by atoms with Gasteiger partial charge in [-0.2, -0.15) is 9.36 Å². The molecular formula is C13H17N3O2S. The Bertz CT molecular complexity index is 542. The van der Waals surface area contributed by atoms with Crippen molar-refractivity contribution in [1.29, 1.82) is 0 Å². The highest BCUT2D eigenvalue weighted by Crippen LogP contribution is 2.30. The predicted molar refractivity (Wildman–Crippen MR) is 77.0 cm³/mol. The summed E-state index contributed by atoms with van der Waals surface area (Å²) in [5, 5.41) is 3.95. The summed E-state index contributed by atoms with van der Waals surface area (Å²) in [6, 6.07) is 5.99. The summed E-state index contributed by atoms with van der Waals surface area (Å²) in [7, 11) is 3.33. The number of methoxy groups -OCH3 is 2. The largest absolute Gasteiger partial charge is 0.496 e. The minimum absolute atomic E-state index is 0.642. The maximum atomic E-state index is 5.37. The van der Waals surface area contributed by atoms with E-state index in [0.717, 1.165) is 28.6 Å². The number of hydrogen-bond donors (Lipinski definition) is 1. The zero-order chi connectivity index (χ0) is 13.7. The number of anilines is 1. The summed E-state index contributed by atoms with van der Waals surface area (Å²) < 4.78 is 14.7. The van der Waals surface area contributed by atoms with E-state index >= 15 is 0 Å². The van der Waals surface area contributed by atoms with Crippen LogP contribution in [0.25, 0.3) is 11.4 Å². The third-order valence-electron chi connectivity index (χ3n) is 2.61. The second-order valence-corrected chi connectivity index (χ2v) is 4.80. The molecule has 0 atom stereocenters. The van der Waals surface area contributed by atoms with Gasteiger partial charge in [-0.15, -0.1) is 0 Å². The van der Waals surface area contributed by atoms with E-state index in [9.17, 15) is 0 Å². The van der Waals surface area contributed by atoms with Crippen molar-refractivity contribution in [2.75, 3.05) is 32.7 Å². The van der Waals surface area contributed by atoms with Crippen LogP contribution >= 0.6 is 11.5 Å². The van der Waals surface area contributed by atoms with E-state index in [1.54, 1.807) is 14.2 Å². The third kappa shape index (κ3) is 3.42. The fourth-order valence-electron chi connectivity index (χ4n) is 1.65. The maximum Gasteiger partial charge on any atom is 0.202 e. The van der Waals surface area contributed by atoms with E-state index < -0.39 is 0 Å². The molecule has 2 rings (SSSR count). The minimum atomic E-state index is 0.642. The van der Waals surface area contributed by atoms with Crippen LogP contribution in [0.5, 0.6) is 5.75 Å². The fraction of sp³-hybridized carbons (Fsp3) is 0.385. The molecule has 0 fully saturated rings. The molecule has 1 aromatic carbocycles. The summed E-state index contributed by atoms with van der Waals surface area (Å²) in [6.07, 6.45) is 0. The molecule has 1 heterocycles. The average Bonchev–Trinajstić information content (AvgIpc) is 2.87. The van der Waals surface area contributed by atoms with Gasteiger partial charge >= 0.3 is 0 Å². The van der Waals surface area contributed by atoms with Crippen LogP contribution in [0.1, 0.15) is 5.56 Å². The zero-order valence-electron chi connectivity index (χ0n) is 11.3. The Morgan fingerprint density at radius 2 is 2.16 bits per heavy atom. The Morgan fingerprint density at radius 1 is 1.32 bits per heavy atom. The van der Waals surface area contributed by atoms with Gasteiger partial charge in [0.05, 0.1) is 19.3 Å². The van der Waals surface area contributed by atoms with E-state index in [2.05, 4.69) is 14.7 Å². The Kier molecular flexibility index (Phi) is 4.70. The van der Waals surface area contributed by atoms with Gasteiger partial charge in [-0.25, -0.2) is 0 Å². The molecule has 0 aliphatic carbocycles. The molecule has 1 aromatic heterocycles. The van der Waals surface area contributed by atoms with E-state index in [-0.39, 0.29) is 0 Å². The van der Waals surface area contributed by atoms with E-state index in [0.29, 0.717) is 12.4 Å². The van der Waals surface area contributed by atoms with Crippen LogP contribution < -0.4 is 10.1 Å². The lowest BCUT2D eigenvalue weighted by Crippen LogP contribution is -2.07. The van der Waals surface area contributed by atoms with Crippen molar-refractivity contribution < 1.29 is 9.47 Å². The first kappa shape index (κ1) is 13.8. The molecule has 0 saturated carbocycles. The number of rotatable bonds is 6. The summed E-state index contributed by atoms with van der Waals surface area (Å²) in [6.45, 7) is 3.39. The first-order valence-electron chi connectivity index (χ1n) is 5.96. The summed E-state index contributed by atoms with van der Waals surface area (Å²) in [4.78, 5) is 4.45. The quantitative estimate of drug-likeness (QED) is 0.824.